The van der Waals surface area contributed by atoms with E-state index in [0.717, 1.165) is 45.3 Å². The van der Waals surface area contributed by atoms with Gasteiger partial charge in [0, 0.05) is 34.8 Å². The maximum Gasteiger partial charge on any atom is 0.162 e. The van der Waals surface area contributed by atoms with Gasteiger partial charge in [0.25, 0.3) is 0 Å². The first-order valence-corrected chi connectivity index (χ1v) is 10.9. The number of phenols is 1. The first-order valence-electron chi connectivity index (χ1n) is 10.9. The third-order valence-corrected chi connectivity index (χ3v) is 6.66. The fraction of sp³-hybridized carbons (Fsp3) is 0.143. The zero-order valence-electron chi connectivity index (χ0n) is 17.5. The first kappa shape index (κ1) is 18.8. The van der Waals surface area contributed by atoms with Crippen molar-refractivity contribution in [2.24, 2.45) is 0 Å². The molecule has 0 saturated carbocycles. The highest BCUT2D eigenvalue weighted by molar-refractivity contribution is 6.12. The van der Waals surface area contributed by atoms with Gasteiger partial charge in [-0.3, -0.25) is 9.78 Å². The number of nitrogens with zero attached hydrogens (tertiary/aromatic N) is 1. The van der Waals surface area contributed by atoms with Gasteiger partial charge >= 0.3 is 0 Å². The van der Waals surface area contributed by atoms with Gasteiger partial charge in [-0.05, 0) is 59.4 Å². The molecule has 0 unspecified atom stereocenters. The Labute approximate surface area is 186 Å². The quantitative estimate of drug-likeness (QED) is 0.419. The molecule has 1 aliphatic carbocycles. The molecular formula is C28H22N2O2. The smallest absolute Gasteiger partial charge is 0.162 e. The molecule has 4 nitrogen and oxygen atoms in total. The van der Waals surface area contributed by atoms with Crippen LogP contribution in [0.25, 0.3) is 16.5 Å². The van der Waals surface area contributed by atoms with Crippen LogP contribution in [0.3, 0.4) is 0 Å². The maximum atomic E-state index is 13.7. The Kier molecular flexibility index (Phi) is 4.32. The van der Waals surface area contributed by atoms with E-state index in [-0.39, 0.29) is 23.5 Å². The topological polar surface area (TPSA) is 62.2 Å². The van der Waals surface area contributed by atoms with Crippen molar-refractivity contribution in [3.63, 3.8) is 0 Å². The summed E-state index contributed by atoms with van der Waals surface area (Å²) in [5.74, 6) is 0.503. The van der Waals surface area contributed by atoms with Crippen LogP contribution in [-0.2, 0) is 4.79 Å². The van der Waals surface area contributed by atoms with Crippen molar-refractivity contribution in [3.8, 4) is 5.75 Å². The van der Waals surface area contributed by atoms with Crippen molar-refractivity contribution in [1.29, 1.82) is 0 Å². The number of Topliss-reactive ketones (excluding diaryl/α,β-unsaturated/α-hetero) is 1. The van der Waals surface area contributed by atoms with E-state index in [1.54, 1.807) is 18.3 Å². The molecular weight excluding hydrogens is 396 g/mol. The minimum atomic E-state index is -0.289. The van der Waals surface area contributed by atoms with Gasteiger partial charge in [0.1, 0.15) is 5.75 Å². The van der Waals surface area contributed by atoms with Gasteiger partial charge in [-0.25, -0.2) is 0 Å². The summed E-state index contributed by atoms with van der Waals surface area (Å²) in [5.41, 5.74) is 6.99. The summed E-state index contributed by atoms with van der Waals surface area (Å²) in [5, 5.41) is 14.8. The van der Waals surface area contributed by atoms with Crippen molar-refractivity contribution < 1.29 is 9.90 Å². The Balaban J connectivity index is 1.59. The van der Waals surface area contributed by atoms with Crippen LogP contribution in [0.1, 0.15) is 41.5 Å². The molecule has 0 amide bonds. The summed E-state index contributed by atoms with van der Waals surface area (Å²) >= 11 is 0. The minimum absolute atomic E-state index is 0.144. The second-order valence-electron chi connectivity index (χ2n) is 8.56. The number of pyridine rings is 1. The number of aromatic hydroxyl groups is 1. The SMILES string of the molecule is O=C1C[C@@H](c2ccccc2)CC2=C1[C@@H](c1cccc(O)c1)Nc1ccc3ncccc3c12. The number of fused-ring (bicyclic) bond motifs is 4. The van der Waals surface area contributed by atoms with E-state index in [1.807, 2.05) is 42.5 Å². The third-order valence-electron chi connectivity index (χ3n) is 6.66. The molecule has 2 N–H and O–H groups in total. The third kappa shape index (κ3) is 2.99. The number of ketones is 1. The molecule has 0 radical (unpaired) electrons. The van der Waals surface area contributed by atoms with Gasteiger partial charge in [0.05, 0.1) is 11.6 Å². The fourth-order valence-corrected chi connectivity index (χ4v) is 5.24. The van der Waals surface area contributed by atoms with E-state index >= 15 is 0 Å². The van der Waals surface area contributed by atoms with Crippen molar-refractivity contribution in [1.82, 2.24) is 4.98 Å². The molecule has 4 aromatic rings. The van der Waals surface area contributed by atoms with Crippen molar-refractivity contribution in [2.45, 2.75) is 24.8 Å². The second-order valence-corrected chi connectivity index (χ2v) is 8.56. The molecule has 2 atom stereocenters. The van der Waals surface area contributed by atoms with Gasteiger partial charge in [-0.15, -0.1) is 0 Å². The lowest BCUT2D eigenvalue weighted by molar-refractivity contribution is -0.116. The van der Waals surface area contributed by atoms with E-state index in [9.17, 15) is 9.90 Å². The Hall–Kier alpha value is -3.92. The maximum absolute atomic E-state index is 13.7. The summed E-state index contributed by atoms with van der Waals surface area (Å²) in [6.07, 6.45) is 3.08. The summed E-state index contributed by atoms with van der Waals surface area (Å²) < 4.78 is 0. The van der Waals surface area contributed by atoms with Crippen molar-refractivity contribution in [2.75, 3.05) is 5.32 Å². The molecule has 0 saturated heterocycles. The summed E-state index contributed by atoms with van der Waals surface area (Å²) in [7, 11) is 0. The molecule has 156 valence electrons. The molecule has 2 heterocycles. The first-order chi connectivity index (χ1) is 15.7. The largest absolute Gasteiger partial charge is 0.508 e. The molecule has 0 fully saturated rings. The van der Waals surface area contributed by atoms with Gasteiger partial charge in [-0.1, -0.05) is 48.5 Å². The molecule has 3 aromatic carbocycles. The summed E-state index contributed by atoms with van der Waals surface area (Å²) in [4.78, 5) is 18.2. The number of nitrogens with one attached hydrogen (secondary N) is 1. The zero-order chi connectivity index (χ0) is 21.7. The minimum Gasteiger partial charge on any atom is -0.508 e. The number of aromatic nitrogens is 1. The van der Waals surface area contributed by atoms with Crippen LogP contribution in [0.5, 0.6) is 5.75 Å². The second kappa shape index (κ2) is 7.34. The number of carbonyl (C=O) groups is 1. The van der Waals surface area contributed by atoms with Crippen LogP contribution in [0.15, 0.2) is 90.6 Å². The molecule has 6 rings (SSSR count). The van der Waals surface area contributed by atoms with Crippen LogP contribution >= 0.6 is 0 Å². The highest BCUT2D eigenvalue weighted by Gasteiger charge is 2.38. The lowest BCUT2D eigenvalue weighted by Gasteiger charge is -2.37. The van der Waals surface area contributed by atoms with E-state index in [0.29, 0.717) is 6.42 Å². The number of hydrogen-bond donors (Lipinski definition) is 2. The Bertz CT molecular complexity index is 1390. The van der Waals surface area contributed by atoms with E-state index < -0.39 is 0 Å². The lowest BCUT2D eigenvalue weighted by Crippen LogP contribution is -2.29. The van der Waals surface area contributed by atoms with Gasteiger partial charge in [0.2, 0.25) is 0 Å². The predicted molar refractivity (Wildman–Crippen MR) is 127 cm³/mol. The molecule has 1 aliphatic heterocycles. The van der Waals surface area contributed by atoms with Gasteiger partial charge in [0.15, 0.2) is 5.78 Å². The zero-order valence-corrected chi connectivity index (χ0v) is 17.5. The number of hydrogen-bond acceptors (Lipinski definition) is 4. The van der Waals surface area contributed by atoms with Crippen LogP contribution in [0.4, 0.5) is 5.69 Å². The fourth-order valence-electron chi connectivity index (χ4n) is 5.24. The molecule has 0 spiro atoms. The Morgan fingerprint density at radius 2 is 1.72 bits per heavy atom. The van der Waals surface area contributed by atoms with Crippen LogP contribution < -0.4 is 5.32 Å². The van der Waals surface area contributed by atoms with E-state index in [1.165, 1.54) is 5.56 Å². The number of anilines is 1. The van der Waals surface area contributed by atoms with Crippen LogP contribution in [0.2, 0.25) is 0 Å². The van der Waals surface area contributed by atoms with Crippen LogP contribution in [-0.4, -0.2) is 15.9 Å². The van der Waals surface area contributed by atoms with E-state index in [4.69, 9.17) is 0 Å². The Morgan fingerprint density at radius 1 is 0.875 bits per heavy atom. The number of phenolic OH excluding ortho intramolecular Hbond substituents is 1. The van der Waals surface area contributed by atoms with E-state index in [2.05, 4.69) is 34.6 Å². The number of carbonyl (C=O) groups excluding carboxylic acids is 1. The van der Waals surface area contributed by atoms with Crippen LogP contribution in [0, 0.1) is 0 Å². The number of rotatable bonds is 2. The molecule has 0 bridgehead atoms. The normalized spacial score (nSPS) is 19.9. The molecule has 4 heteroatoms. The summed E-state index contributed by atoms with van der Waals surface area (Å²) in [6.45, 7) is 0. The lowest BCUT2D eigenvalue weighted by atomic mass is 9.72. The van der Waals surface area contributed by atoms with Crippen molar-refractivity contribution in [3.05, 3.63) is 107 Å². The number of benzene rings is 3. The predicted octanol–water partition coefficient (Wildman–Crippen LogP) is 6.01. The standard InChI is InChI=1S/C28H22N2O2/c31-20-9-4-8-18(14-20)28-27-22(15-19(16-25(27)32)17-6-2-1-3-7-17)26-21-10-5-13-29-23(21)11-12-24(26)30-28/h1-14,19,28,30-31H,15-16H2/t19-,28+/m0/s1. The molecule has 32 heavy (non-hydrogen) atoms. The molecule has 2 aliphatic rings. The highest BCUT2D eigenvalue weighted by atomic mass is 16.3. The molecule has 1 aromatic heterocycles. The van der Waals surface area contributed by atoms with Gasteiger partial charge < -0.3 is 10.4 Å². The van der Waals surface area contributed by atoms with Gasteiger partial charge in [-0.2, -0.15) is 0 Å². The number of allylic oxidation sites excluding steroid dienone is 1. The van der Waals surface area contributed by atoms with Crippen molar-refractivity contribution >= 4 is 27.9 Å². The Morgan fingerprint density at radius 3 is 2.56 bits per heavy atom. The summed E-state index contributed by atoms with van der Waals surface area (Å²) in [6, 6.07) is 25.3. The average Bonchev–Trinajstić information content (AvgIpc) is 2.83. The highest BCUT2D eigenvalue weighted by Crippen LogP contribution is 2.50. The average molecular weight is 418 g/mol. The monoisotopic (exact) mass is 418 g/mol.